The van der Waals surface area contributed by atoms with Crippen molar-refractivity contribution >= 4 is 43.5 Å². The lowest BCUT2D eigenvalue weighted by molar-refractivity contribution is -0.116. The van der Waals surface area contributed by atoms with Crippen molar-refractivity contribution in [3.63, 3.8) is 0 Å². The molecule has 0 saturated heterocycles. The van der Waals surface area contributed by atoms with Crippen molar-refractivity contribution < 1.29 is 4.79 Å². The van der Waals surface area contributed by atoms with Crippen LogP contribution in [0, 0.1) is 0 Å². The number of aromatic nitrogens is 4. The molecule has 0 aliphatic rings. The van der Waals surface area contributed by atoms with Crippen LogP contribution in [0.15, 0.2) is 58.0 Å². The Labute approximate surface area is 156 Å². The Kier molecular flexibility index (Phi) is 5.47. The predicted molar refractivity (Wildman–Crippen MR) is 98.6 cm³/mol. The van der Waals surface area contributed by atoms with Crippen LogP contribution in [-0.4, -0.2) is 25.5 Å². The maximum Gasteiger partial charge on any atom is 0.226 e. The molecule has 0 aliphatic heterocycles. The van der Waals surface area contributed by atoms with E-state index in [4.69, 9.17) is 0 Å². The number of benzene rings is 1. The number of nitrogens with one attached hydrogen (secondary N) is 1. The summed E-state index contributed by atoms with van der Waals surface area (Å²) in [5, 5.41) is 11.2. The van der Waals surface area contributed by atoms with E-state index in [-0.39, 0.29) is 5.91 Å². The molecule has 0 radical (unpaired) electrons. The normalized spacial score (nSPS) is 10.8. The summed E-state index contributed by atoms with van der Waals surface area (Å²) < 4.78 is 5.46. The lowest BCUT2D eigenvalue weighted by atomic mass is 10.2. The number of carbonyl (C=O) groups is 1. The fourth-order valence-corrected chi connectivity index (χ4v) is 2.78. The van der Waals surface area contributed by atoms with Crippen molar-refractivity contribution in [2.24, 2.45) is 0 Å². The van der Waals surface area contributed by atoms with Crippen molar-refractivity contribution in [1.29, 1.82) is 0 Å². The SMILES string of the molecule is O=C(CCn1cc(Br)cn1)Nc1cnn(Cc2ccc(Br)cc2)c1. The zero-order valence-corrected chi connectivity index (χ0v) is 15.9. The maximum atomic E-state index is 12.0. The van der Waals surface area contributed by atoms with E-state index in [0.29, 0.717) is 25.2 Å². The Morgan fingerprint density at radius 2 is 1.75 bits per heavy atom. The van der Waals surface area contributed by atoms with E-state index >= 15 is 0 Å². The molecule has 0 saturated carbocycles. The van der Waals surface area contributed by atoms with Crippen molar-refractivity contribution in [2.45, 2.75) is 19.5 Å². The minimum absolute atomic E-state index is 0.0650. The third-order valence-corrected chi connectivity index (χ3v) is 4.28. The van der Waals surface area contributed by atoms with Gasteiger partial charge < -0.3 is 5.32 Å². The number of hydrogen-bond acceptors (Lipinski definition) is 3. The zero-order chi connectivity index (χ0) is 16.9. The van der Waals surface area contributed by atoms with Crippen LogP contribution in [0.5, 0.6) is 0 Å². The van der Waals surface area contributed by atoms with Gasteiger partial charge in [-0.1, -0.05) is 28.1 Å². The van der Waals surface area contributed by atoms with Crippen LogP contribution in [0.1, 0.15) is 12.0 Å². The van der Waals surface area contributed by atoms with Gasteiger partial charge in [0.05, 0.1) is 29.1 Å². The largest absolute Gasteiger partial charge is 0.323 e. The highest BCUT2D eigenvalue weighted by molar-refractivity contribution is 9.10. The molecule has 8 heteroatoms. The monoisotopic (exact) mass is 451 g/mol. The Bertz CT molecular complexity index is 825. The molecule has 2 heterocycles. The second-order valence-electron chi connectivity index (χ2n) is 5.27. The summed E-state index contributed by atoms with van der Waals surface area (Å²) in [6, 6.07) is 8.06. The first-order valence-corrected chi connectivity index (χ1v) is 8.92. The summed E-state index contributed by atoms with van der Waals surface area (Å²) in [7, 11) is 0. The number of carbonyl (C=O) groups excluding carboxylic acids is 1. The Morgan fingerprint density at radius 1 is 1.00 bits per heavy atom. The van der Waals surface area contributed by atoms with Crippen LogP contribution in [0.2, 0.25) is 0 Å². The molecule has 0 fully saturated rings. The summed E-state index contributed by atoms with van der Waals surface area (Å²) >= 11 is 6.75. The number of amides is 1. The van der Waals surface area contributed by atoms with Crippen LogP contribution >= 0.6 is 31.9 Å². The van der Waals surface area contributed by atoms with Gasteiger partial charge in [0.1, 0.15) is 0 Å². The van der Waals surface area contributed by atoms with E-state index < -0.39 is 0 Å². The summed E-state index contributed by atoms with van der Waals surface area (Å²) in [6.07, 6.45) is 7.37. The van der Waals surface area contributed by atoms with Crippen LogP contribution < -0.4 is 5.32 Å². The molecule has 0 aliphatic carbocycles. The second-order valence-corrected chi connectivity index (χ2v) is 7.10. The van der Waals surface area contributed by atoms with Crippen molar-refractivity contribution in [3.8, 4) is 0 Å². The van der Waals surface area contributed by atoms with Gasteiger partial charge >= 0.3 is 0 Å². The zero-order valence-electron chi connectivity index (χ0n) is 12.7. The predicted octanol–water partition coefficient (Wildman–Crippen LogP) is 3.68. The number of halogens is 2. The molecular formula is C16H15Br2N5O. The third kappa shape index (κ3) is 4.78. The van der Waals surface area contributed by atoms with Gasteiger partial charge in [0.2, 0.25) is 5.91 Å². The summed E-state index contributed by atoms with van der Waals surface area (Å²) in [5.74, 6) is -0.0650. The molecule has 3 aromatic rings. The fraction of sp³-hybridized carbons (Fsp3) is 0.188. The minimum Gasteiger partial charge on any atom is -0.323 e. The van der Waals surface area contributed by atoms with E-state index in [2.05, 4.69) is 47.4 Å². The lowest BCUT2D eigenvalue weighted by Crippen LogP contribution is -2.14. The first-order chi connectivity index (χ1) is 11.6. The average Bonchev–Trinajstić information content (AvgIpc) is 3.17. The molecule has 0 bridgehead atoms. The quantitative estimate of drug-likeness (QED) is 0.620. The number of anilines is 1. The fourth-order valence-electron chi connectivity index (χ4n) is 2.19. The standard InChI is InChI=1S/C16H15Br2N5O/c17-13-3-1-12(2-4-13)9-23-11-15(8-20-23)21-16(24)5-6-22-10-14(18)7-19-22/h1-4,7-8,10-11H,5-6,9H2,(H,21,24). The molecule has 1 aromatic carbocycles. The molecule has 2 aromatic heterocycles. The van der Waals surface area contributed by atoms with Gasteiger partial charge in [-0.15, -0.1) is 0 Å². The van der Waals surface area contributed by atoms with E-state index in [1.807, 2.05) is 36.7 Å². The number of rotatable bonds is 6. The first kappa shape index (κ1) is 16.9. The average molecular weight is 453 g/mol. The van der Waals surface area contributed by atoms with Gasteiger partial charge in [0.15, 0.2) is 0 Å². The third-order valence-electron chi connectivity index (χ3n) is 3.34. The molecule has 6 nitrogen and oxygen atoms in total. The Morgan fingerprint density at radius 3 is 2.46 bits per heavy atom. The minimum atomic E-state index is -0.0650. The summed E-state index contributed by atoms with van der Waals surface area (Å²) in [6.45, 7) is 1.19. The highest BCUT2D eigenvalue weighted by atomic mass is 79.9. The molecule has 124 valence electrons. The molecule has 0 unspecified atom stereocenters. The molecule has 0 spiro atoms. The van der Waals surface area contributed by atoms with E-state index in [9.17, 15) is 4.79 Å². The van der Waals surface area contributed by atoms with Crippen LogP contribution in [0.3, 0.4) is 0 Å². The van der Waals surface area contributed by atoms with Gasteiger partial charge in [-0.25, -0.2) is 0 Å². The summed E-state index contributed by atoms with van der Waals surface area (Å²) in [4.78, 5) is 12.0. The molecule has 0 atom stereocenters. The van der Waals surface area contributed by atoms with Gasteiger partial charge in [0.25, 0.3) is 0 Å². The van der Waals surface area contributed by atoms with E-state index in [0.717, 1.165) is 14.5 Å². The van der Waals surface area contributed by atoms with Crippen molar-refractivity contribution in [2.75, 3.05) is 5.32 Å². The lowest BCUT2D eigenvalue weighted by Gasteiger charge is -2.03. The molecular weight excluding hydrogens is 438 g/mol. The van der Waals surface area contributed by atoms with E-state index in [1.54, 1.807) is 21.8 Å². The Balaban J connectivity index is 1.51. The highest BCUT2D eigenvalue weighted by Crippen LogP contribution is 2.13. The maximum absolute atomic E-state index is 12.0. The van der Waals surface area contributed by atoms with Gasteiger partial charge in [-0.3, -0.25) is 14.2 Å². The van der Waals surface area contributed by atoms with Crippen molar-refractivity contribution in [1.82, 2.24) is 19.6 Å². The highest BCUT2D eigenvalue weighted by Gasteiger charge is 2.06. The van der Waals surface area contributed by atoms with Crippen molar-refractivity contribution in [3.05, 3.63) is 63.6 Å². The summed E-state index contributed by atoms with van der Waals surface area (Å²) in [5.41, 5.74) is 1.84. The molecule has 1 amide bonds. The number of nitrogens with zero attached hydrogens (tertiary/aromatic N) is 4. The van der Waals surface area contributed by atoms with Crippen LogP contribution in [0.4, 0.5) is 5.69 Å². The van der Waals surface area contributed by atoms with Gasteiger partial charge in [-0.05, 0) is 33.6 Å². The van der Waals surface area contributed by atoms with E-state index in [1.165, 1.54) is 0 Å². The number of aryl methyl sites for hydroxylation is 1. The molecule has 24 heavy (non-hydrogen) atoms. The molecule has 1 N–H and O–H groups in total. The topological polar surface area (TPSA) is 64.7 Å². The first-order valence-electron chi connectivity index (χ1n) is 7.33. The molecule has 3 rings (SSSR count). The van der Waals surface area contributed by atoms with Crippen LogP contribution in [0.25, 0.3) is 0 Å². The second kappa shape index (κ2) is 7.76. The van der Waals surface area contributed by atoms with Gasteiger partial charge in [0, 0.05) is 29.8 Å². The number of hydrogen-bond donors (Lipinski definition) is 1. The Hall–Kier alpha value is -1.93. The smallest absolute Gasteiger partial charge is 0.226 e. The van der Waals surface area contributed by atoms with Gasteiger partial charge in [-0.2, -0.15) is 10.2 Å². The van der Waals surface area contributed by atoms with Crippen LogP contribution in [-0.2, 0) is 17.9 Å².